The molecule has 0 aliphatic rings. The Bertz CT molecular complexity index is 319. The SMILES string of the molecule is C=C(CN(C)Cc1ccsc1)C(=O)O. The minimum Gasteiger partial charge on any atom is -0.478 e. The number of carboxylic acids is 1. The molecule has 0 aliphatic heterocycles. The average Bonchev–Trinajstić information content (AvgIpc) is 2.56. The van der Waals surface area contributed by atoms with E-state index in [-0.39, 0.29) is 5.57 Å². The van der Waals surface area contributed by atoms with Gasteiger partial charge in [-0.2, -0.15) is 11.3 Å². The lowest BCUT2D eigenvalue weighted by Gasteiger charge is -2.15. The second-order valence-corrected chi connectivity index (χ2v) is 3.99. The molecule has 0 atom stereocenters. The van der Waals surface area contributed by atoms with Crippen molar-refractivity contribution in [2.75, 3.05) is 13.6 Å². The maximum Gasteiger partial charge on any atom is 0.332 e. The van der Waals surface area contributed by atoms with Crippen molar-refractivity contribution in [2.45, 2.75) is 6.54 Å². The summed E-state index contributed by atoms with van der Waals surface area (Å²) >= 11 is 1.64. The van der Waals surface area contributed by atoms with Crippen LogP contribution in [0.5, 0.6) is 0 Å². The van der Waals surface area contributed by atoms with Crippen LogP contribution in [0.1, 0.15) is 5.56 Å². The van der Waals surface area contributed by atoms with Gasteiger partial charge in [0.15, 0.2) is 0 Å². The van der Waals surface area contributed by atoms with Gasteiger partial charge >= 0.3 is 5.97 Å². The highest BCUT2D eigenvalue weighted by molar-refractivity contribution is 7.07. The topological polar surface area (TPSA) is 40.5 Å². The van der Waals surface area contributed by atoms with Crippen molar-refractivity contribution in [2.24, 2.45) is 0 Å². The summed E-state index contributed by atoms with van der Waals surface area (Å²) < 4.78 is 0. The zero-order chi connectivity index (χ0) is 10.6. The highest BCUT2D eigenvalue weighted by Gasteiger charge is 2.07. The minimum absolute atomic E-state index is 0.225. The van der Waals surface area contributed by atoms with Crippen LogP contribution in [-0.2, 0) is 11.3 Å². The van der Waals surface area contributed by atoms with Crippen LogP contribution >= 0.6 is 11.3 Å². The van der Waals surface area contributed by atoms with Gasteiger partial charge in [-0.25, -0.2) is 4.79 Å². The number of carboxylic acid groups (broad SMARTS) is 1. The van der Waals surface area contributed by atoms with Gasteiger partial charge in [0.2, 0.25) is 0 Å². The molecule has 0 saturated heterocycles. The van der Waals surface area contributed by atoms with Gasteiger partial charge in [0.05, 0.1) is 0 Å². The Morgan fingerprint density at radius 2 is 2.43 bits per heavy atom. The fourth-order valence-electron chi connectivity index (χ4n) is 1.14. The van der Waals surface area contributed by atoms with E-state index in [4.69, 9.17) is 5.11 Å². The van der Waals surface area contributed by atoms with Crippen molar-refractivity contribution < 1.29 is 9.90 Å². The Kier molecular flexibility index (Phi) is 3.85. The number of carbonyl (C=O) groups is 1. The van der Waals surface area contributed by atoms with Crippen LogP contribution in [0.3, 0.4) is 0 Å². The van der Waals surface area contributed by atoms with Gasteiger partial charge in [-0.1, -0.05) is 6.58 Å². The monoisotopic (exact) mass is 211 g/mol. The molecular formula is C10H13NO2S. The van der Waals surface area contributed by atoms with Crippen LogP contribution in [0.25, 0.3) is 0 Å². The number of aliphatic carboxylic acids is 1. The molecular weight excluding hydrogens is 198 g/mol. The van der Waals surface area contributed by atoms with Crippen LogP contribution < -0.4 is 0 Å². The lowest BCUT2D eigenvalue weighted by molar-refractivity contribution is -0.132. The lowest BCUT2D eigenvalue weighted by atomic mass is 10.2. The number of hydrogen-bond donors (Lipinski definition) is 1. The summed E-state index contributed by atoms with van der Waals surface area (Å²) in [5.41, 5.74) is 1.43. The molecule has 0 fully saturated rings. The van der Waals surface area contributed by atoms with E-state index in [1.165, 1.54) is 5.56 Å². The Hall–Kier alpha value is -1.13. The fraction of sp³-hybridized carbons (Fsp3) is 0.300. The summed E-state index contributed by atoms with van der Waals surface area (Å²) in [5, 5.41) is 12.7. The minimum atomic E-state index is -0.929. The van der Waals surface area contributed by atoms with E-state index in [2.05, 4.69) is 12.0 Å². The summed E-state index contributed by atoms with van der Waals surface area (Å²) in [5.74, 6) is -0.929. The first kappa shape index (κ1) is 10.9. The Morgan fingerprint density at radius 3 is 2.93 bits per heavy atom. The molecule has 0 bridgehead atoms. The molecule has 1 N–H and O–H groups in total. The molecule has 0 amide bonds. The first-order valence-corrected chi connectivity index (χ1v) is 5.14. The third kappa shape index (κ3) is 3.32. The van der Waals surface area contributed by atoms with Crippen LogP contribution in [0.2, 0.25) is 0 Å². The average molecular weight is 211 g/mol. The molecule has 14 heavy (non-hydrogen) atoms. The first-order chi connectivity index (χ1) is 6.59. The van der Waals surface area contributed by atoms with Crippen LogP contribution in [-0.4, -0.2) is 29.6 Å². The third-order valence-electron chi connectivity index (χ3n) is 1.80. The molecule has 1 rings (SSSR count). The molecule has 1 aromatic rings. The molecule has 0 aliphatic carbocycles. The summed E-state index contributed by atoms with van der Waals surface area (Å²) in [6, 6.07) is 2.03. The zero-order valence-corrected chi connectivity index (χ0v) is 8.88. The molecule has 1 heterocycles. The van der Waals surface area contributed by atoms with E-state index in [0.29, 0.717) is 6.54 Å². The van der Waals surface area contributed by atoms with E-state index in [9.17, 15) is 4.79 Å². The third-order valence-corrected chi connectivity index (χ3v) is 2.53. The van der Waals surface area contributed by atoms with Crippen LogP contribution in [0.15, 0.2) is 29.0 Å². The van der Waals surface area contributed by atoms with Gasteiger partial charge in [-0.05, 0) is 29.4 Å². The predicted octanol–water partition coefficient (Wildman–Crippen LogP) is 1.82. The zero-order valence-electron chi connectivity index (χ0n) is 8.06. The van der Waals surface area contributed by atoms with Crippen molar-refractivity contribution in [1.29, 1.82) is 0 Å². The highest BCUT2D eigenvalue weighted by atomic mass is 32.1. The summed E-state index contributed by atoms with van der Waals surface area (Å²) in [7, 11) is 1.88. The molecule has 0 aromatic carbocycles. The number of hydrogen-bond acceptors (Lipinski definition) is 3. The number of rotatable bonds is 5. The van der Waals surface area contributed by atoms with E-state index < -0.39 is 5.97 Å². The van der Waals surface area contributed by atoms with Crippen molar-refractivity contribution in [3.05, 3.63) is 34.5 Å². The van der Waals surface area contributed by atoms with E-state index >= 15 is 0 Å². The summed E-state index contributed by atoms with van der Waals surface area (Å²) in [6.45, 7) is 4.64. The van der Waals surface area contributed by atoms with Crippen LogP contribution in [0.4, 0.5) is 0 Å². The van der Waals surface area contributed by atoms with Gasteiger partial charge in [-0.3, -0.25) is 4.90 Å². The molecule has 0 saturated carbocycles. The van der Waals surface area contributed by atoms with Gasteiger partial charge in [0.1, 0.15) is 0 Å². The van der Waals surface area contributed by atoms with E-state index in [1.807, 2.05) is 23.4 Å². The van der Waals surface area contributed by atoms with Crippen LogP contribution in [0, 0.1) is 0 Å². The Morgan fingerprint density at radius 1 is 1.71 bits per heavy atom. The maximum absolute atomic E-state index is 10.5. The van der Waals surface area contributed by atoms with Crippen molar-refractivity contribution in [1.82, 2.24) is 4.90 Å². The Labute approximate surface area is 87.3 Å². The van der Waals surface area contributed by atoms with Crippen molar-refractivity contribution in [3.8, 4) is 0 Å². The van der Waals surface area contributed by atoms with Gasteiger partial charge in [0.25, 0.3) is 0 Å². The number of nitrogens with zero attached hydrogens (tertiary/aromatic N) is 1. The molecule has 76 valence electrons. The van der Waals surface area contributed by atoms with E-state index in [1.54, 1.807) is 11.3 Å². The fourth-order valence-corrected chi connectivity index (χ4v) is 1.80. The molecule has 4 heteroatoms. The van der Waals surface area contributed by atoms with Gasteiger partial charge < -0.3 is 5.11 Å². The second-order valence-electron chi connectivity index (χ2n) is 3.21. The van der Waals surface area contributed by atoms with Gasteiger partial charge in [-0.15, -0.1) is 0 Å². The Balaban J connectivity index is 2.40. The smallest absolute Gasteiger partial charge is 0.332 e. The molecule has 0 spiro atoms. The van der Waals surface area contributed by atoms with Crippen molar-refractivity contribution >= 4 is 17.3 Å². The maximum atomic E-state index is 10.5. The van der Waals surface area contributed by atoms with Crippen molar-refractivity contribution in [3.63, 3.8) is 0 Å². The predicted molar refractivity (Wildman–Crippen MR) is 57.4 cm³/mol. The standard InChI is InChI=1S/C10H13NO2S/c1-8(10(12)13)5-11(2)6-9-3-4-14-7-9/h3-4,7H,1,5-6H2,2H3,(H,12,13). The largest absolute Gasteiger partial charge is 0.478 e. The highest BCUT2D eigenvalue weighted by Crippen LogP contribution is 2.09. The second kappa shape index (κ2) is 4.93. The molecule has 0 unspecified atom stereocenters. The first-order valence-electron chi connectivity index (χ1n) is 4.20. The molecule has 3 nitrogen and oxygen atoms in total. The van der Waals surface area contributed by atoms with E-state index in [0.717, 1.165) is 6.54 Å². The quantitative estimate of drug-likeness (QED) is 0.755. The number of likely N-dealkylation sites (N-methyl/N-ethyl adjacent to an activating group) is 1. The normalized spacial score (nSPS) is 10.4. The lowest BCUT2D eigenvalue weighted by Crippen LogP contribution is -2.22. The van der Waals surface area contributed by atoms with Gasteiger partial charge in [0, 0.05) is 18.7 Å². The molecule has 0 radical (unpaired) electrons. The summed E-state index contributed by atoms with van der Waals surface area (Å²) in [6.07, 6.45) is 0. The number of thiophene rings is 1. The molecule has 1 aromatic heterocycles. The summed E-state index contributed by atoms with van der Waals surface area (Å²) in [4.78, 5) is 12.4.